The molecule has 0 spiro atoms. The Morgan fingerprint density at radius 2 is 1.94 bits per heavy atom. The Kier molecular flexibility index (Phi) is 5.34. The number of hydrogen-bond acceptors (Lipinski definition) is 7. The van der Waals surface area contributed by atoms with Crippen molar-refractivity contribution in [3.63, 3.8) is 0 Å². The largest absolute Gasteiger partial charge is 0.358 e. The normalized spacial score (nSPS) is 11.6. The first kappa shape index (κ1) is 22.1. The van der Waals surface area contributed by atoms with Crippen LogP contribution in [0.3, 0.4) is 0 Å². The number of aryl methyl sites for hydroxylation is 1. The Balaban J connectivity index is 1.41. The highest BCUT2D eigenvalue weighted by molar-refractivity contribution is 7.15. The van der Waals surface area contributed by atoms with Gasteiger partial charge in [-0.15, -0.1) is 11.3 Å². The van der Waals surface area contributed by atoms with Crippen molar-refractivity contribution < 1.29 is 0 Å². The molecule has 36 heavy (non-hydrogen) atoms. The Morgan fingerprint density at radius 3 is 2.75 bits per heavy atom. The number of H-pyrrole nitrogens is 2. The predicted molar refractivity (Wildman–Crippen MR) is 146 cm³/mol. The van der Waals surface area contributed by atoms with Crippen LogP contribution in [0.4, 0.5) is 5.69 Å². The highest BCUT2D eigenvalue weighted by Crippen LogP contribution is 2.34. The van der Waals surface area contributed by atoms with Crippen LogP contribution in [0.2, 0.25) is 0 Å². The van der Waals surface area contributed by atoms with E-state index in [1.165, 1.54) is 4.88 Å². The standard InChI is InChI=1S/C27H24N8S/c1-14(2)16(4)30-18-11-17(12-28-13-18)20-6-7-21-24(31-20)25(35-34-21)27-32-23-19(9-10-29-26(23)33-27)22-8-5-15(3)36-22/h5-14,30H,4H2,1-3H3,(H,34,35)(H,29,32,33). The van der Waals surface area contributed by atoms with E-state index in [0.29, 0.717) is 23.1 Å². The summed E-state index contributed by atoms with van der Waals surface area (Å²) in [7, 11) is 0. The number of allylic oxidation sites excluding steroid dienone is 1. The van der Waals surface area contributed by atoms with E-state index in [1.807, 2.05) is 24.3 Å². The van der Waals surface area contributed by atoms with Crippen LogP contribution in [-0.4, -0.2) is 35.1 Å². The zero-order valence-corrected chi connectivity index (χ0v) is 20.9. The van der Waals surface area contributed by atoms with Gasteiger partial charge < -0.3 is 10.3 Å². The van der Waals surface area contributed by atoms with Gasteiger partial charge in [0.1, 0.15) is 11.0 Å². The van der Waals surface area contributed by atoms with Crippen molar-refractivity contribution in [1.82, 2.24) is 35.1 Å². The van der Waals surface area contributed by atoms with Gasteiger partial charge in [0.05, 0.1) is 23.1 Å². The van der Waals surface area contributed by atoms with E-state index in [4.69, 9.17) is 9.97 Å². The summed E-state index contributed by atoms with van der Waals surface area (Å²) in [6.07, 6.45) is 5.39. The number of anilines is 1. The molecule has 0 saturated carbocycles. The summed E-state index contributed by atoms with van der Waals surface area (Å²) < 4.78 is 0. The minimum atomic E-state index is 0.319. The Morgan fingerprint density at radius 1 is 1.06 bits per heavy atom. The maximum atomic E-state index is 4.93. The number of fused-ring (bicyclic) bond motifs is 2. The van der Waals surface area contributed by atoms with Gasteiger partial charge in [0, 0.05) is 39.0 Å². The van der Waals surface area contributed by atoms with Gasteiger partial charge >= 0.3 is 0 Å². The van der Waals surface area contributed by atoms with Gasteiger partial charge in [-0.1, -0.05) is 20.4 Å². The van der Waals surface area contributed by atoms with E-state index >= 15 is 0 Å². The number of thiophene rings is 1. The number of pyridine rings is 3. The van der Waals surface area contributed by atoms with E-state index in [-0.39, 0.29) is 0 Å². The summed E-state index contributed by atoms with van der Waals surface area (Å²) in [4.78, 5) is 24.5. The highest BCUT2D eigenvalue weighted by Gasteiger charge is 2.18. The van der Waals surface area contributed by atoms with Crippen LogP contribution in [0.25, 0.3) is 55.4 Å². The lowest BCUT2D eigenvalue weighted by atomic mass is 10.1. The molecule has 0 aliphatic rings. The summed E-state index contributed by atoms with van der Waals surface area (Å²) in [5.41, 5.74) is 8.28. The van der Waals surface area contributed by atoms with Gasteiger partial charge in [0.15, 0.2) is 17.2 Å². The molecule has 0 saturated heterocycles. The van der Waals surface area contributed by atoms with Gasteiger partial charge in [-0.2, -0.15) is 5.10 Å². The van der Waals surface area contributed by atoms with E-state index in [0.717, 1.165) is 49.6 Å². The topological polar surface area (TPSA) is 108 Å². The molecule has 6 rings (SSSR count). The van der Waals surface area contributed by atoms with E-state index < -0.39 is 0 Å². The van der Waals surface area contributed by atoms with Crippen molar-refractivity contribution >= 4 is 39.2 Å². The lowest BCUT2D eigenvalue weighted by Crippen LogP contribution is -2.04. The van der Waals surface area contributed by atoms with Crippen LogP contribution in [0.1, 0.15) is 18.7 Å². The van der Waals surface area contributed by atoms with Crippen LogP contribution in [-0.2, 0) is 0 Å². The lowest BCUT2D eigenvalue weighted by Gasteiger charge is -2.13. The summed E-state index contributed by atoms with van der Waals surface area (Å²) in [6, 6.07) is 12.2. The molecule has 0 aliphatic carbocycles. The van der Waals surface area contributed by atoms with Crippen LogP contribution >= 0.6 is 11.3 Å². The number of aromatic amines is 2. The molecular formula is C27H24N8S. The molecule has 0 fully saturated rings. The van der Waals surface area contributed by atoms with Crippen LogP contribution in [0, 0.1) is 12.8 Å². The number of imidazole rings is 1. The third kappa shape index (κ3) is 3.93. The van der Waals surface area contributed by atoms with E-state index in [9.17, 15) is 0 Å². The smallest absolute Gasteiger partial charge is 0.162 e. The summed E-state index contributed by atoms with van der Waals surface area (Å²) in [5.74, 6) is 0.940. The quantitative estimate of drug-likeness (QED) is 0.242. The minimum absolute atomic E-state index is 0.319. The van der Waals surface area contributed by atoms with Crippen LogP contribution in [0.5, 0.6) is 0 Å². The third-order valence-corrected chi connectivity index (χ3v) is 7.09. The molecule has 0 aromatic carbocycles. The fourth-order valence-corrected chi connectivity index (χ4v) is 4.90. The van der Waals surface area contributed by atoms with Crippen molar-refractivity contribution in [1.29, 1.82) is 0 Å². The van der Waals surface area contributed by atoms with Gasteiger partial charge in [0.2, 0.25) is 0 Å². The monoisotopic (exact) mass is 492 g/mol. The second kappa shape index (κ2) is 8.69. The molecule has 6 heterocycles. The molecule has 6 aromatic heterocycles. The van der Waals surface area contributed by atoms with Crippen molar-refractivity contribution in [2.75, 3.05) is 5.32 Å². The first-order valence-corrected chi connectivity index (χ1v) is 12.5. The number of nitrogens with one attached hydrogen (secondary N) is 3. The van der Waals surface area contributed by atoms with Gasteiger partial charge in [-0.25, -0.2) is 15.0 Å². The molecule has 3 N–H and O–H groups in total. The van der Waals surface area contributed by atoms with Crippen LogP contribution < -0.4 is 5.32 Å². The molecular weight excluding hydrogens is 468 g/mol. The Hall–Kier alpha value is -4.37. The van der Waals surface area contributed by atoms with Crippen molar-refractivity contribution in [2.45, 2.75) is 20.8 Å². The van der Waals surface area contributed by atoms with Gasteiger partial charge in [-0.3, -0.25) is 10.1 Å². The van der Waals surface area contributed by atoms with Crippen molar-refractivity contribution in [3.05, 3.63) is 72.1 Å². The Bertz CT molecular complexity index is 1740. The van der Waals surface area contributed by atoms with Gasteiger partial charge in [0.25, 0.3) is 0 Å². The SMILES string of the molecule is C=C(Nc1cncc(-c2ccc3[nH]nc(-c4nc5c(-c6ccc(C)s6)ccnc5[nH]4)c3n2)c1)C(C)C. The summed E-state index contributed by atoms with van der Waals surface area (Å²) in [5, 5.41) is 10.9. The lowest BCUT2D eigenvalue weighted by molar-refractivity contribution is 0.778. The molecule has 178 valence electrons. The fourth-order valence-electron chi connectivity index (χ4n) is 4.00. The molecule has 0 aliphatic heterocycles. The number of aromatic nitrogens is 7. The Labute approximate surface area is 211 Å². The maximum absolute atomic E-state index is 4.93. The highest BCUT2D eigenvalue weighted by atomic mass is 32.1. The molecule has 6 aromatic rings. The molecule has 0 unspecified atom stereocenters. The number of nitrogens with zero attached hydrogens (tertiary/aromatic N) is 5. The molecule has 0 radical (unpaired) electrons. The summed E-state index contributed by atoms with van der Waals surface area (Å²) in [6.45, 7) is 10.4. The maximum Gasteiger partial charge on any atom is 0.162 e. The first-order valence-electron chi connectivity index (χ1n) is 11.6. The van der Waals surface area contributed by atoms with Crippen molar-refractivity contribution in [3.8, 4) is 33.2 Å². The third-order valence-electron chi connectivity index (χ3n) is 6.06. The number of hydrogen-bond donors (Lipinski definition) is 3. The zero-order chi connectivity index (χ0) is 24.8. The molecule has 8 nitrogen and oxygen atoms in total. The van der Waals surface area contributed by atoms with Crippen molar-refractivity contribution in [2.24, 2.45) is 5.92 Å². The first-order chi connectivity index (χ1) is 17.5. The molecule has 0 amide bonds. The van der Waals surface area contributed by atoms with E-state index in [1.54, 1.807) is 29.9 Å². The predicted octanol–water partition coefficient (Wildman–Crippen LogP) is 6.58. The van der Waals surface area contributed by atoms with Gasteiger partial charge in [-0.05, 0) is 49.2 Å². The minimum Gasteiger partial charge on any atom is -0.358 e. The second-order valence-electron chi connectivity index (χ2n) is 8.98. The van der Waals surface area contributed by atoms with Crippen LogP contribution in [0.15, 0.2) is 67.3 Å². The average Bonchev–Trinajstić information content (AvgIpc) is 3.61. The average molecular weight is 493 g/mol. The molecule has 0 bridgehead atoms. The number of rotatable bonds is 6. The molecule has 0 atom stereocenters. The molecule has 9 heteroatoms. The summed E-state index contributed by atoms with van der Waals surface area (Å²) >= 11 is 1.74. The zero-order valence-electron chi connectivity index (χ0n) is 20.1. The fraction of sp³-hybridized carbons (Fsp3) is 0.148. The van der Waals surface area contributed by atoms with E-state index in [2.05, 4.69) is 69.9 Å². The second-order valence-corrected chi connectivity index (χ2v) is 10.3.